The molecule has 0 saturated carbocycles. The van der Waals surface area contributed by atoms with Gasteiger partial charge in [0.25, 0.3) is 0 Å². The fourth-order valence-electron chi connectivity index (χ4n) is 5.33. The molecular weight excluding hydrogens is 450 g/mol. The minimum Gasteiger partial charge on any atom is -0.502 e. The highest BCUT2D eigenvalue weighted by Gasteiger charge is 2.72. The normalized spacial score (nSPS) is 29.1. The molecular formula is C21H21N5O8. The highest BCUT2D eigenvalue weighted by Crippen LogP contribution is 2.55. The van der Waals surface area contributed by atoms with Crippen LogP contribution in [0.5, 0.6) is 5.75 Å². The van der Waals surface area contributed by atoms with Gasteiger partial charge in [-0.3, -0.25) is 19.7 Å². The smallest absolute Gasteiger partial charge is 0.404 e. The number of methoxy groups -OCH3 is 1. The number of nitro benzene ring substituents is 1. The topological polar surface area (TPSA) is 196 Å². The van der Waals surface area contributed by atoms with Crippen molar-refractivity contribution in [1.29, 1.82) is 0 Å². The number of phenolic OH excluding ortho intramolecular Hbond substituents is 1. The van der Waals surface area contributed by atoms with Crippen LogP contribution in [0.4, 0.5) is 16.2 Å². The maximum Gasteiger partial charge on any atom is 0.404 e. The van der Waals surface area contributed by atoms with Gasteiger partial charge in [-0.1, -0.05) is 0 Å². The lowest BCUT2D eigenvalue weighted by Crippen LogP contribution is -2.55. The second kappa shape index (κ2) is 7.27. The molecule has 5 rings (SSSR count). The van der Waals surface area contributed by atoms with E-state index in [9.17, 15) is 29.6 Å². The van der Waals surface area contributed by atoms with E-state index in [1.807, 2.05) is 0 Å². The second-order valence-electron chi connectivity index (χ2n) is 8.51. The number of amides is 1. The first-order valence-corrected chi connectivity index (χ1v) is 10.4. The Hall–Kier alpha value is -3.97. The highest BCUT2D eigenvalue weighted by atomic mass is 16.6. The summed E-state index contributed by atoms with van der Waals surface area (Å²) in [5.41, 5.74) is 4.01. The summed E-state index contributed by atoms with van der Waals surface area (Å²) in [5, 5.41) is 27.0. The van der Waals surface area contributed by atoms with Gasteiger partial charge in [0.1, 0.15) is 6.61 Å². The minimum absolute atomic E-state index is 0.0642. The molecule has 1 aromatic rings. The maximum atomic E-state index is 13.7. The Morgan fingerprint density at radius 1 is 1.41 bits per heavy atom. The lowest BCUT2D eigenvalue weighted by molar-refractivity contribution is -0.385. The van der Waals surface area contributed by atoms with Crippen LogP contribution in [0, 0.1) is 16.0 Å². The number of carbonyl (C=O) groups is 3. The average molecular weight is 471 g/mol. The Morgan fingerprint density at radius 2 is 2.15 bits per heavy atom. The van der Waals surface area contributed by atoms with Crippen molar-refractivity contribution in [2.75, 3.05) is 25.6 Å². The average Bonchev–Trinajstić information content (AvgIpc) is 3.40. The third kappa shape index (κ3) is 2.83. The number of nitrogens with zero attached hydrogens (tertiary/aromatic N) is 2. The molecule has 0 spiro atoms. The number of rotatable bonds is 6. The zero-order valence-corrected chi connectivity index (χ0v) is 18.2. The third-order valence-electron chi connectivity index (χ3n) is 6.87. The highest BCUT2D eigenvalue weighted by molar-refractivity contribution is 6.26. The number of anilines is 1. The van der Waals surface area contributed by atoms with Gasteiger partial charge in [-0.2, -0.15) is 0 Å². The Kier molecular flexibility index (Phi) is 4.67. The van der Waals surface area contributed by atoms with Crippen LogP contribution in [-0.4, -0.2) is 70.7 Å². The molecule has 4 aliphatic rings. The molecule has 178 valence electrons. The van der Waals surface area contributed by atoms with Gasteiger partial charge in [0, 0.05) is 42.6 Å². The van der Waals surface area contributed by atoms with E-state index in [2.05, 4.69) is 10.6 Å². The summed E-state index contributed by atoms with van der Waals surface area (Å²) in [4.78, 5) is 50.8. The summed E-state index contributed by atoms with van der Waals surface area (Å²) in [6.07, 6.45) is -1.03. The summed E-state index contributed by atoms with van der Waals surface area (Å²) in [5.74, 6) is -2.27. The molecule has 13 heteroatoms. The zero-order chi connectivity index (χ0) is 24.5. The first-order chi connectivity index (χ1) is 16.1. The van der Waals surface area contributed by atoms with Gasteiger partial charge in [-0.25, -0.2) is 4.79 Å². The number of nitro groups is 1. The van der Waals surface area contributed by atoms with Crippen molar-refractivity contribution in [1.82, 2.24) is 10.2 Å². The van der Waals surface area contributed by atoms with Crippen LogP contribution in [0.3, 0.4) is 0 Å². The Bertz CT molecular complexity index is 1240. The number of ketones is 2. The van der Waals surface area contributed by atoms with Crippen LogP contribution in [0.25, 0.3) is 0 Å². The molecule has 1 aromatic carbocycles. The molecule has 0 aromatic heterocycles. The van der Waals surface area contributed by atoms with E-state index in [0.717, 1.165) is 12.1 Å². The Morgan fingerprint density at radius 3 is 2.79 bits per heavy atom. The SMILES string of the molecule is CO[C@@]12C(COC(N)=O)C3=C(C(=O)C(C)=C(Nc4ccc(O)c([N+](=O)[O-])c4)C3=O)N1CC1NC12. The quantitative estimate of drug-likeness (QED) is 0.144. The van der Waals surface area contributed by atoms with Gasteiger partial charge in [-0.15, -0.1) is 0 Å². The molecule has 0 bridgehead atoms. The van der Waals surface area contributed by atoms with E-state index in [1.165, 1.54) is 20.1 Å². The summed E-state index contributed by atoms with van der Waals surface area (Å²) in [6, 6.07) is 3.41. The van der Waals surface area contributed by atoms with Crippen molar-refractivity contribution in [3.63, 3.8) is 0 Å². The Labute approximate surface area is 192 Å². The fourth-order valence-corrected chi connectivity index (χ4v) is 5.33. The number of benzene rings is 1. The number of Topliss-reactive ketones (excluding diaryl/α,β-unsaturated/α-hetero) is 2. The molecule has 1 aliphatic carbocycles. The first kappa shape index (κ1) is 21.9. The second-order valence-corrected chi connectivity index (χ2v) is 8.51. The standard InChI is InChI=1S/C21H21N5O8/c1-8-15(23-9-3-4-13(27)12(5-9)26(31)32)18(29)14-10(7-34-20(22)30)21(33-2)19-11(24-19)6-25(21)16(14)17(8)28/h3-5,10-11,19,23-24,27H,6-7H2,1-2H3,(H2,22,30)/t10?,11?,19?,21-/m1/s1. The lowest BCUT2D eigenvalue weighted by Gasteiger charge is -2.39. The van der Waals surface area contributed by atoms with Crippen molar-refractivity contribution in [3.05, 3.63) is 50.9 Å². The van der Waals surface area contributed by atoms with Gasteiger partial charge in [-0.05, 0) is 19.1 Å². The Balaban J connectivity index is 1.55. The number of fused-ring (bicyclic) bond motifs is 4. The number of primary amides is 1. The van der Waals surface area contributed by atoms with E-state index < -0.39 is 45.7 Å². The molecule has 0 radical (unpaired) electrons. The number of carbonyl (C=O) groups excluding carboxylic acids is 3. The van der Waals surface area contributed by atoms with Gasteiger partial charge in [0.05, 0.1) is 28.3 Å². The molecule has 3 unspecified atom stereocenters. The van der Waals surface area contributed by atoms with Gasteiger partial charge < -0.3 is 35.8 Å². The lowest BCUT2D eigenvalue weighted by atomic mass is 9.82. The summed E-state index contributed by atoms with van der Waals surface area (Å²) < 4.78 is 11.0. The predicted molar refractivity (Wildman–Crippen MR) is 114 cm³/mol. The summed E-state index contributed by atoms with van der Waals surface area (Å²) in [7, 11) is 1.47. The molecule has 5 N–H and O–H groups in total. The molecule has 13 nitrogen and oxygen atoms in total. The maximum absolute atomic E-state index is 13.7. The van der Waals surface area contributed by atoms with Gasteiger partial charge in [0.2, 0.25) is 11.6 Å². The van der Waals surface area contributed by atoms with Crippen LogP contribution in [0.1, 0.15) is 6.92 Å². The molecule has 3 heterocycles. The number of allylic oxidation sites excluding steroid dienone is 2. The van der Waals surface area contributed by atoms with E-state index in [-0.39, 0.29) is 46.9 Å². The van der Waals surface area contributed by atoms with Gasteiger partial charge in [0.15, 0.2) is 11.5 Å². The number of hydrogen-bond donors (Lipinski definition) is 4. The molecule has 2 saturated heterocycles. The van der Waals surface area contributed by atoms with Crippen molar-refractivity contribution < 1.29 is 33.9 Å². The van der Waals surface area contributed by atoms with Crippen molar-refractivity contribution in [2.24, 2.45) is 11.7 Å². The number of nitrogens with one attached hydrogen (secondary N) is 2. The number of phenols is 1. The molecule has 34 heavy (non-hydrogen) atoms. The molecule has 4 atom stereocenters. The number of piperazine rings is 1. The molecule has 1 amide bonds. The van der Waals surface area contributed by atoms with Crippen molar-refractivity contribution >= 4 is 29.0 Å². The van der Waals surface area contributed by atoms with Crippen LogP contribution < -0.4 is 16.4 Å². The minimum atomic E-state index is -1.11. The van der Waals surface area contributed by atoms with Crippen LogP contribution >= 0.6 is 0 Å². The molecule has 2 fully saturated rings. The van der Waals surface area contributed by atoms with E-state index in [4.69, 9.17) is 15.2 Å². The van der Waals surface area contributed by atoms with Gasteiger partial charge >= 0.3 is 11.8 Å². The van der Waals surface area contributed by atoms with Crippen molar-refractivity contribution in [2.45, 2.75) is 24.7 Å². The van der Waals surface area contributed by atoms with E-state index >= 15 is 0 Å². The number of aromatic hydroxyl groups is 1. The number of nitrogens with two attached hydrogens (primary N) is 1. The zero-order valence-electron chi connectivity index (χ0n) is 18.2. The summed E-state index contributed by atoms with van der Waals surface area (Å²) >= 11 is 0. The fraction of sp³-hybridized carbons (Fsp3) is 0.381. The van der Waals surface area contributed by atoms with E-state index in [1.54, 1.807) is 4.90 Å². The third-order valence-corrected chi connectivity index (χ3v) is 6.87. The van der Waals surface area contributed by atoms with Crippen molar-refractivity contribution in [3.8, 4) is 5.75 Å². The van der Waals surface area contributed by atoms with Crippen LogP contribution in [0.15, 0.2) is 40.7 Å². The molecule has 3 aliphatic heterocycles. The monoisotopic (exact) mass is 471 g/mol. The first-order valence-electron chi connectivity index (χ1n) is 10.4. The van der Waals surface area contributed by atoms with Crippen LogP contribution in [0.2, 0.25) is 0 Å². The predicted octanol–water partition coefficient (Wildman–Crippen LogP) is 0.116. The summed E-state index contributed by atoms with van der Waals surface area (Å²) in [6.45, 7) is 1.64. The largest absolute Gasteiger partial charge is 0.502 e. The number of ether oxygens (including phenoxy) is 2. The number of hydrogen-bond acceptors (Lipinski definition) is 11. The van der Waals surface area contributed by atoms with Crippen LogP contribution in [-0.2, 0) is 19.1 Å². The van der Waals surface area contributed by atoms with E-state index in [0.29, 0.717) is 6.54 Å².